The highest BCUT2D eigenvalue weighted by Crippen LogP contribution is 2.22. The summed E-state index contributed by atoms with van der Waals surface area (Å²) in [5.41, 5.74) is 0. The lowest BCUT2D eigenvalue weighted by atomic mass is 9.94. The third kappa shape index (κ3) is 16.2. The molecule has 2 nitrogen and oxygen atoms in total. The average Bonchev–Trinajstić information content (AvgIpc) is 2.84. The molecule has 1 rings (SSSR count). The third-order valence-corrected chi connectivity index (χ3v) is 7.68. The zero-order chi connectivity index (χ0) is 24.9. The first kappa shape index (κ1) is 31.5. The standard InChI is InChI=1S/C32H61NO/c1-6-10-14-17-20-30(19-15-11-7-2)23-22-29(5)34-32-24-26-33(27-25-32)28-31(18-13-9-4)21-16-12-8-3/h29-32H,6-21,24-28H2,1-5H3/t29-,30?,31?/m0/s1. The summed E-state index contributed by atoms with van der Waals surface area (Å²) < 4.78 is 6.41. The summed E-state index contributed by atoms with van der Waals surface area (Å²) >= 11 is 0. The zero-order valence-corrected chi connectivity index (χ0v) is 24.0. The smallest absolute Gasteiger partial charge is 0.115 e. The normalized spacial score (nSPS) is 17.8. The highest BCUT2D eigenvalue weighted by molar-refractivity contribution is 5.08. The second-order valence-electron chi connectivity index (χ2n) is 11.1. The monoisotopic (exact) mass is 475 g/mol. The Labute approximate surface area is 215 Å². The molecule has 3 atom stereocenters. The van der Waals surface area contributed by atoms with E-state index >= 15 is 0 Å². The van der Waals surface area contributed by atoms with Crippen LogP contribution in [0.15, 0.2) is 0 Å². The number of hydrogen-bond donors (Lipinski definition) is 0. The fraction of sp³-hybridized carbons (Fsp3) is 0.938. The predicted molar refractivity (Wildman–Crippen MR) is 151 cm³/mol. The first-order chi connectivity index (χ1) is 16.6. The Morgan fingerprint density at radius 1 is 0.676 bits per heavy atom. The number of ether oxygens (including phenoxy) is 1. The summed E-state index contributed by atoms with van der Waals surface area (Å²) in [6, 6.07) is 0. The van der Waals surface area contributed by atoms with Gasteiger partial charge >= 0.3 is 0 Å². The van der Waals surface area contributed by atoms with Gasteiger partial charge in [0.15, 0.2) is 0 Å². The second kappa shape index (κ2) is 21.7. The van der Waals surface area contributed by atoms with Crippen molar-refractivity contribution in [3.8, 4) is 11.8 Å². The van der Waals surface area contributed by atoms with Crippen molar-refractivity contribution >= 4 is 0 Å². The van der Waals surface area contributed by atoms with Crippen molar-refractivity contribution < 1.29 is 4.74 Å². The number of rotatable bonds is 20. The zero-order valence-electron chi connectivity index (χ0n) is 24.0. The van der Waals surface area contributed by atoms with Crippen LogP contribution in [0.3, 0.4) is 0 Å². The molecular weight excluding hydrogens is 414 g/mol. The van der Waals surface area contributed by atoms with Gasteiger partial charge in [-0.1, -0.05) is 117 Å². The minimum Gasteiger partial charge on any atom is -0.362 e. The fourth-order valence-electron chi connectivity index (χ4n) is 5.40. The van der Waals surface area contributed by atoms with E-state index in [0.29, 0.717) is 12.0 Å². The maximum atomic E-state index is 6.41. The highest BCUT2D eigenvalue weighted by atomic mass is 16.5. The Bertz CT molecular complexity index is 499. The SMILES string of the molecule is CCCCCCC(C#C[C@H](C)OC1CCN(CC(CCCC)CCCCC)CC1)CCCCC. The molecule has 0 saturated carbocycles. The van der Waals surface area contributed by atoms with Gasteiger partial charge in [-0.2, -0.15) is 0 Å². The number of hydrogen-bond acceptors (Lipinski definition) is 2. The lowest BCUT2D eigenvalue weighted by molar-refractivity contribution is -0.0146. The first-order valence-electron chi connectivity index (χ1n) is 15.5. The molecule has 0 amide bonds. The molecular formula is C32H61NO. The van der Waals surface area contributed by atoms with Gasteiger partial charge in [0, 0.05) is 25.6 Å². The molecule has 34 heavy (non-hydrogen) atoms. The third-order valence-electron chi connectivity index (χ3n) is 7.68. The molecule has 0 aliphatic carbocycles. The molecule has 1 heterocycles. The molecule has 2 heteroatoms. The Hall–Kier alpha value is -0.520. The predicted octanol–water partition coefficient (Wildman–Crippen LogP) is 9.41. The van der Waals surface area contributed by atoms with Crippen molar-refractivity contribution in [1.29, 1.82) is 0 Å². The van der Waals surface area contributed by atoms with Gasteiger partial charge in [-0.15, -0.1) is 0 Å². The van der Waals surface area contributed by atoms with Crippen LogP contribution in [0.2, 0.25) is 0 Å². The minimum atomic E-state index is 0.0761. The molecule has 0 aromatic carbocycles. The van der Waals surface area contributed by atoms with Crippen LogP contribution < -0.4 is 0 Å². The largest absolute Gasteiger partial charge is 0.362 e. The van der Waals surface area contributed by atoms with E-state index in [9.17, 15) is 0 Å². The molecule has 1 fully saturated rings. The molecule has 0 aromatic heterocycles. The van der Waals surface area contributed by atoms with Crippen LogP contribution in [0.4, 0.5) is 0 Å². The van der Waals surface area contributed by atoms with Crippen LogP contribution in [-0.2, 0) is 4.74 Å². The molecule has 1 aliphatic heterocycles. The quantitative estimate of drug-likeness (QED) is 0.128. The number of likely N-dealkylation sites (tertiary alicyclic amines) is 1. The summed E-state index contributed by atoms with van der Waals surface area (Å²) in [6.07, 6.45) is 24.5. The number of unbranched alkanes of at least 4 members (excludes halogenated alkanes) is 8. The van der Waals surface area contributed by atoms with E-state index in [4.69, 9.17) is 4.74 Å². The molecule has 0 N–H and O–H groups in total. The van der Waals surface area contributed by atoms with Crippen LogP contribution >= 0.6 is 0 Å². The van der Waals surface area contributed by atoms with Gasteiger partial charge in [-0.05, 0) is 51.4 Å². The van der Waals surface area contributed by atoms with E-state index in [-0.39, 0.29) is 6.10 Å². The first-order valence-corrected chi connectivity index (χ1v) is 15.5. The van der Waals surface area contributed by atoms with Crippen molar-refractivity contribution in [3.05, 3.63) is 0 Å². The van der Waals surface area contributed by atoms with E-state index in [0.717, 1.165) is 5.92 Å². The van der Waals surface area contributed by atoms with Crippen molar-refractivity contribution in [2.75, 3.05) is 19.6 Å². The van der Waals surface area contributed by atoms with Gasteiger partial charge < -0.3 is 9.64 Å². The fourth-order valence-corrected chi connectivity index (χ4v) is 5.40. The van der Waals surface area contributed by atoms with E-state index in [1.807, 2.05) is 0 Å². The second-order valence-corrected chi connectivity index (χ2v) is 11.1. The van der Waals surface area contributed by atoms with Gasteiger partial charge in [-0.3, -0.25) is 0 Å². The van der Waals surface area contributed by atoms with Crippen molar-refractivity contribution in [1.82, 2.24) is 4.90 Å². The number of nitrogens with zero attached hydrogens (tertiary/aromatic N) is 1. The van der Waals surface area contributed by atoms with Crippen molar-refractivity contribution in [2.45, 2.75) is 162 Å². The van der Waals surface area contributed by atoms with E-state index in [2.05, 4.69) is 51.4 Å². The Morgan fingerprint density at radius 2 is 1.21 bits per heavy atom. The van der Waals surface area contributed by atoms with Crippen LogP contribution in [-0.4, -0.2) is 36.7 Å². The molecule has 1 saturated heterocycles. The molecule has 1 aliphatic rings. The van der Waals surface area contributed by atoms with E-state index in [1.54, 1.807) is 0 Å². The van der Waals surface area contributed by atoms with Crippen LogP contribution in [0, 0.1) is 23.7 Å². The van der Waals surface area contributed by atoms with E-state index in [1.165, 1.54) is 135 Å². The van der Waals surface area contributed by atoms with Gasteiger partial charge in [0.1, 0.15) is 6.10 Å². The number of piperidine rings is 1. The summed E-state index contributed by atoms with van der Waals surface area (Å²) in [5.74, 6) is 8.62. The summed E-state index contributed by atoms with van der Waals surface area (Å²) in [6.45, 7) is 15.1. The summed E-state index contributed by atoms with van der Waals surface area (Å²) in [4.78, 5) is 2.72. The molecule has 0 aromatic rings. The van der Waals surface area contributed by atoms with Gasteiger partial charge in [0.2, 0.25) is 0 Å². The van der Waals surface area contributed by atoms with E-state index < -0.39 is 0 Å². The summed E-state index contributed by atoms with van der Waals surface area (Å²) in [7, 11) is 0. The molecule has 0 radical (unpaired) electrons. The van der Waals surface area contributed by atoms with Crippen LogP contribution in [0.25, 0.3) is 0 Å². The molecule has 200 valence electrons. The molecule has 2 unspecified atom stereocenters. The minimum absolute atomic E-state index is 0.0761. The Morgan fingerprint density at radius 3 is 1.82 bits per heavy atom. The van der Waals surface area contributed by atoms with Gasteiger partial charge in [-0.25, -0.2) is 0 Å². The maximum Gasteiger partial charge on any atom is 0.115 e. The van der Waals surface area contributed by atoms with Gasteiger partial charge in [0.05, 0.1) is 6.10 Å². The maximum absolute atomic E-state index is 6.41. The highest BCUT2D eigenvalue weighted by Gasteiger charge is 2.23. The average molecular weight is 476 g/mol. The van der Waals surface area contributed by atoms with Gasteiger partial charge in [0.25, 0.3) is 0 Å². The molecule has 0 bridgehead atoms. The van der Waals surface area contributed by atoms with Crippen LogP contribution in [0.1, 0.15) is 150 Å². The van der Waals surface area contributed by atoms with Crippen LogP contribution in [0.5, 0.6) is 0 Å². The van der Waals surface area contributed by atoms with Crippen molar-refractivity contribution in [2.24, 2.45) is 11.8 Å². The molecule has 0 spiro atoms. The topological polar surface area (TPSA) is 12.5 Å². The Balaban J connectivity index is 2.41. The summed E-state index contributed by atoms with van der Waals surface area (Å²) in [5, 5.41) is 0. The Kier molecular flexibility index (Phi) is 20.1. The lowest BCUT2D eigenvalue weighted by Gasteiger charge is -2.35. The van der Waals surface area contributed by atoms with Crippen molar-refractivity contribution in [3.63, 3.8) is 0 Å². The lowest BCUT2D eigenvalue weighted by Crippen LogP contribution is -2.40.